The van der Waals surface area contributed by atoms with Crippen molar-refractivity contribution in [2.45, 2.75) is 4.90 Å². The predicted octanol–water partition coefficient (Wildman–Crippen LogP) is 1.80. The fourth-order valence-corrected chi connectivity index (χ4v) is 3.18. The van der Waals surface area contributed by atoms with Crippen LogP contribution in [0.3, 0.4) is 0 Å². The van der Waals surface area contributed by atoms with Crippen LogP contribution in [0.25, 0.3) is 0 Å². The number of nitrogen functional groups attached to an aromatic ring is 1. The Hall–Kier alpha value is -2.15. The third kappa shape index (κ3) is 3.30. The van der Waals surface area contributed by atoms with Gasteiger partial charge in [-0.25, -0.2) is 19.2 Å². The molecule has 21 heavy (non-hydrogen) atoms. The maximum absolute atomic E-state index is 12.4. The number of nitrogens with one attached hydrogen (secondary N) is 2. The minimum atomic E-state index is -3.92. The average molecular weight is 368 g/mol. The van der Waals surface area contributed by atoms with Gasteiger partial charge < -0.3 is 5.43 Å². The smallest absolute Gasteiger partial charge is 0.265 e. The van der Waals surface area contributed by atoms with E-state index in [1.54, 1.807) is 6.07 Å². The highest BCUT2D eigenvalue weighted by Gasteiger charge is 2.20. The zero-order valence-corrected chi connectivity index (χ0v) is 12.9. The molecule has 108 valence electrons. The van der Waals surface area contributed by atoms with E-state index in [0.717, 1.165) is 0 Å². The molecule has 0 spiro atoms. The highest BCUT2D eigenvalue weighted by atomic mass is 79.9. The van der Waals surface area contributed by atoms with Crippen LogP contribution in [0.4, 0.5) is 11.5 Å². The summed E-state index contributed by atoms with van der Waals surface area (Å²) in [7, 11) is -3.92. The standard InChI is InChI=1S/C12H10BrN5O2S/c13-9-3-4-10(8(6-9)7-14)18-21(19,20)11-2-1-5-16-12(11)17-15/h1-6,18H,15H2,(H,16,17). The lowest BCUT2D eigenvalue weighted by Crippen LogP contribution is -2.19. The van der Waals surface area contributed by atoms with E-state index in [9.17, 15) is 8.42 Å². The Kier molecular flexibility index (Phi) is 4.42. The molecule has 2 aromatic rings. The van der Waals surface area contributed by atoms with Crippen LogP contribution in [0.2, 0.25) is 0 Å². The summed E-state index contributed by atoms with van der Waals surface area (Å²) in [6, 6.07) is 9.40. The lowest BCUT2D eigenvalue weighted by atomic mass is 10.2. The van der Waals surface area contributed by atoms with Crippen LogP contribution in [-0.4, -0.2) is 13.4 Å². The molecule has 0 saturated heterocycles. The first-order valence-corrected chi connectivity index (χ1v) is 7.89. The molecule has 0 aliphatic heterocycles. The summed E-state index contributed by atoms with van der Waals surface area (Å²) < 4.78 is 27.8. The van der Waals surface area contributed by atoms with Crippen LogP contribution in [0.1, 0.15) is 5.56 Å². The molecule has 9 heteroatoms. The third-order valence-corrected chi connectivity index (χ3v) is 4.43. The van der Waals surface area contributed by atoms with Gasteiger partial charge in [0.05, 0.1) is 11.3 Å². The van der Waals surface area contributed by atoms with Gasteiger partial charge in [-0.3, -0.25) is 4.72 Å². The van der Waals surface area contributed by atoms with Crippen molar-refractivity contribution in [1.29, 1.82) is 5.26 Å². The number of halogens is 1. The summed E-state index contributed by atoms with van der Waals surface area (Å²) in [5.41, 5.74) is 2.59. The van der Waals surface area contributed by atoms with E-state index in [0.29, 0.717) is 4.47 Å². The first-order valence-electron chi connectivity index (χ1n) is 5.62. The molecule has 0 bridgehead atoms. The largest absolute Gasteiger partial charge is 0.307 e. The number of sulfonamides is 1. The van der Waals surface area contributed by atoms with E-state index in [-0.39, 0.29) is 22.0 Å². The van der Waals surface area contributed by atoms with Gasteiger partial charge in [0.15, 0.2) is 5.82 Å². The van der Waals surface area contributed by atoms with Crippen LogP contribution >= 0.6 is 15.9 Å². The van der Waals surface area contributed by atoms with Crippen molar-refractivity contribution in [3.8, 4) is 6.07 Å². The summed E-state index contributed by atoms with van der Waals surface area (Å²) in [6.07, 6.45) is 1.41. The van der Waals surface area contributed by atoms with Crippen molar-refractivity contribution < 1.29 is 8.42 Å². The van der Waals surface area contributed by atoms with Crippen LogP contribution in [0.15, 0.2) is 45.9 Å². The molecule has 0 unspecified atom stereocenters. The first kappa shape index (κ1) is 15.2. The van der Waals surface area contributed by atoms with Crippen molar-refractivity contribution in [3.63, 3.8) is 0 Å². The molecule has 7 nitrogen and oxygen atoms in total. The second-order valence-corrected chi connectivity index (χ2v) is 6.47. The van der Waals surface area contributed by atoms with Gasteiger partial charge in [0.1, 0.15) is 11.0 Å². The number of pyridine rings is 1. The summed E-state index contributed by atoms with van der Waals surface area (Å²) in [5, 5.41) is 9.06. The van der Waals surface area contributed by atoms with Crippen LogP contribution in [0, 0.1) is 11.3 Å². The molecule has 1 heterocycles. The molecule has 2 rings (SSSR count). The monoisotopic (exact) mass is 367 g/mol. The molecular weight excluding hydrogens is 358 g/mol. The molecule has 0 aliphatic rings. The molecule has 0 fully saturated rings. The normalized spacial score (nSPS) is 10.7. The molecule has 0 aliphatic carbocycles. The minimum absolute atomic E-state index is 0.0145. The van der Waals surface area contributed by atoms with Crippen molar-refractivity contribution in [1.82, 2.24) is 4.98 Å². The zero-order chi connectivity index (χ0) is 15.5. The number of hydrazine groups is 1. The van der Waals surface area contributed by atoms with Crippen molar-refractivity contribution in [2.75, 3.05) is 10.1 Å². The first-order chi connectivity index (χ1) is 9.97. The molecular formula is C12H10BrN5O2S. The van der Waals surface area contributed by atoms with Gasteiger partial charge in [0.25, 0.3) is 10.0 Å². The Morgan fingerprint density at radius 1 is 1.33 bits per heavy atom. The van der Waals surface area contributed by atoms with E-state index in [1.807, 2.05) is 6.07 Å². The number of nitrogens with two attached hydrogens (primary N) is 1. The molecule has 1 aromatic heterocycles. The van der Waals surface area contributed by atoms with E-state index in [1.165, 1.54) is 30.5 Å². The van der Waals surface area contributed by atoms with E-state index in [4.69, 9.17) is 11.1 Å². The summed E-state index contributed by atoms with van der Waals surface area (Å²) in [4.78, 5) is 3.72. The van der Waals surface area contributed by atoms with Gasteiger partial charge in [-0.05, 0) is 30.3 Å². The van der Waals surface area contributed by atoms with Gasteiger partial charge in [0, 0.05) is 10.7 Å². The maximum atomic E-state index is 12.4. The summed E-state index contributed by atoms with van der Waals surface area (Å²) >= 11 is 3.22. The zero-order valence-electron chi connectivity index (χ0n) is 10.5. The van der Waals surface area contributed by atoms with Crippen LogP contribution < -0.4 is 16.0 Å². The molecule has 0 atom stereocenters. The Bertz CT molecular complexity index is 817. The number of nitriles is 1. The number of anilines is 2. The molecule has 0 radical (unpaired) electrons. The Morgan fingerprint density at radius 3 is 2.76 bits per heavy atom. The summed E-state index contributed by atoms with van der Waals surface area (Å²) in [6.45, 7) is 0. The SMILES string of the molecule is N#Cc1cc(Br)ccc1NS(=O)(=O)c1cccnc1NN. The second-order valence-electron chi connectivity index (χ2n) is 3.90. The predicted molar refractivity (Wildman–Crippen MR) is 81.7 cm³/mol. The van der Waals surface area contributed by atoms with E-state index < -0.39 is 10.0 Å². The molecule has 0 amide bonds. The number of benzene rings is 1. The fraction of sp³-hybridized carbons (Fsp3) is 0. The lowest BCUT2D eigenvalue weighted by Gasteiger charge is -2.12. The van der Waals surface area contributed by atoms with Crippen molar-refractivity contribution >= 4 is 37.5 Å². The van der Waals surface area contributed by atoms with Gasteiger partial charge in [0.2, 0.25) is 0 Å². The Balaban J connectivity index is 2.46. The fourth-order valence-electron chi connectivity index (χ4n) is 1.61. The molecule has 4 N–H and O–H groups in total. The number of aromatic nitrogens is 1. The van der Waals surface area contributed by atoms with Gasteiger partial charge in [-0.15, -0.1) is 0 Å². The van der Waals surface area contributed by atoms with Crippen LogP contribution in [0.5, 0.6) is 0 Å². The van der Waals surface area contributed by atoms with E-state index in [2.05, 4.69) is 31.1 Å². The minimum Gasteiger partial charge on any atom is -0.307 e. The quantitative estimate of drug-likeness (QED) is 0.559. The van der Waals surface area contributed by atoms with Crippen molar-refractivity contribution in [3.05, 3.63) is 46.6 Å². The third-order valence-electron chi connectivity index (χ3n) is 2.54. The highest BCUT2D eigenvalue weighted by molar-refractivity contribution is 9.10. The lowest BCUT2D eigenvalue weighted by molar-refractivity contribution is 0.601. The second kappa shape index (κ2) is 6.09. The topological polar surface area (TPSA) is 121 Å². The van der Waals surface area contributed by atoms with Crippen molar-refractivity contribution in [2.24, 2.45) is 5.84 Å². The van der Waals surface area contributed by atoms with Crippen LogP contribution in [-0.2, 0) is 10.0 Å². The number of hydrogen-bond acceptors (Lipinski definition) is 6. The summed E-state index contributed by atoms with van der Waals surface area (Å²) in [5.74, 6) is 5.27. The number of nitrogens with zero attached hydrogens (tertiary/aromatic N) is 2. The Morgan fingerprint density at radius 2 is 2.10 bits per heavy atom. The van der Waals surface area contributed by atoms with Gasteiger partial charge in [-0.2, -0.15) is 5.26 Å². The van der Waals surface area contributed by atoms with Gasteiger partial charge in [-0.1, -0.05) is 15.9 Å². The van der Waals surface area contributed by atoms with E-state index >= 15 is 0 Å². The number of rotatable bonds is 4. The maximum Gasteiger partial charge on any atom is 0.265 e. The van der Waals surface area contributed by atoms with Gasteiger partial charge >= 0.3 is 0 Å². The average Bonchev–Trinajstić information content (AvgIpc) is 2.48. The Labute approximate surface area is 130 Å². The number of hydrogen-bond donors (Lipinski definition) is 3. The molecule has 1 aromatic carbocycles. The molecule has 0 saturated carbocycles. The highest BCUT2D eigenvalue weighted by Crippen LogP contribution is 2.25.